The first-order chi connectivity index (χ1) is 15.6. The molecule has 1 saturated heterocycles. The van der Waals surface area contributed by atoms with Crippen LogP contribution in [0.4, 0.5) is 5.69 Å². The van der Waals surface area contributed by atoms with E-state index in [4.69, 9.17) is 0 Å². The molecule has 1 aliphatic rings. The number of rotatable bonds is 5. The Bertz CT molecular complexity index is 1360. The fraction of sp³-hybridized carbons (Fsp3) is 0.417. The second-order valence-corrected chi connectivity index (χ2v) is 12.0. The lowest BCUT2D eigenvalue weighted by atomic mass is 10.0. The summed E-state index contributed by atoms with van der Waals surface area (Å²) in [5.74, 6) is 0.135. The molecule has 33 heavy (non-hydrogen) atoms. The van der Waals surface area contributed by atoms with Gasteiger partial charge in [-0.2, -0.15) is 4.31 Å². The summed E-state index contributed by atoms with van der Waals surface area (Å²) < 4.78 is 30.3. The van der Waals surface area contributed by atoms with Gasteiger partial charge < -0.3 is 5.32 Å². The molecule has 9 heteroatoms. The van der Waals surface area contributed by atoms with E-state index in [1.807, 2.05) is 19.9 Å². The number of benzene rings is 2. The number of aryl methyl sites for hydroxylation is 1. The largest absolute Gasteiger partial charge is 0.322 e. The van der Waals surface area contributed by atoms with Crippen LogP contribution < -0.4 is 10.2 Å². The molecule has 1 aromatic heterocycles. The maximum atomic E-state index is 13.1. The van der Waals surface area contributed by atoms with Crippen molar-refractivity contribution >= 4 is 43.2 Å². The van der Waals surface area contributed by atoms with Crippen molar-refractivity contribution in [2.75, 3.05) is 18.4 Å². The second kappa shape index (κ2) is 9.04. The van der Waals surface area contributed by atoms with Crippen LogP contribution in [-0.2, 0) is 10.0 Å². The topological polar surface area (TPSA) is 88.5 Å². The van der Waals surface area contributed by atoms with Gasteiger partial charge in [-0.25, -0.2) is 8.42 Å². The zero-order chi connectivity index (χ0) is 23.9. The van der Waals surface area contributed by atoms with Gasteiger partial charge >= 0.3 is 4.87 Å². The van der Waals surface area contributed by atoms with Crippen molar-refractivity contribution in [1.29, 1.82) is 0 Å². The highest BCUT2D eigenvalue weighted by molar-refractivity contribution is 7.89. The molecular formula is C24H29N3O4S2. The van der Waals surface area contributed by atoms with Crippen molar-refractivity contribution in [3.05, 3.63) is 57.2 Å². The molecule has 1 fully saturated rings. The summed E-state index contributed by atoms with van der Waals surface area (Å²) in [5, 5.41) is 2.86. The number of carbonyl (C=O) groups excluding carboxylic acids is 1. The summed E-state index contributed by atoms with van der Waals surface area (Å²) in [5.41, 5.74) is 2.39. The minimum atomic E-state index is -3.65. The summed E-state index contributed by atoms with van der Waals surface area (Å²) in [6.45, 7) is 8.82. The number of aromatic nitrogens is 1. The number of nitrogens with one attached hydrogen (secondary N) is 1. The maximum absolute atomic E-state index is 13.1. The zero-order valence-electron chi connectivity index (χ0n) is 19.3. The van der Waals surface area contributed by atoms with E-state index in [9.17, 15) is 18.0 Å². The van der Waals surface area contributed by atoms with Gasteiger partial charge in [-0.1, -0.05) is 24.3 Å². The van der Waals surface area contributed by atoms with Crippen LogP contribution in [0.5, 0.6) is 0 Å². The average Bonchev–Trinajstić information content (AvgIpc) is 3.09. The smallest absolute Gasteiger partial charge is 0.308 e. The standard InChI is InChI=1S/C24H29N3O4S2/c1-15(2)27-21-8-6-18(13-22(21)32-24(27)29)25-23(28)20-14-19(7-5-17(20)4)33(30,31)26-11-9-16(3)10-12-26/h5-8,13-16H,9-12H2,1-4H3,(H,25,28). The Morgan fingerprint density at radius 1 is 1.12 bits per heavy atom. The lowest BCUT2D eigenvalue weighted by Gasteiger charge is -2.29. The summed E-state index contributed by atoms with van der Waals surface area (Å²) in [4.78, 5) is 25.5. The second-order valence-electron chi connectivity index (χ2n) is 9.03. The monoisotopic (exact) mass is 487 g/mol. The fourth-order valence-corrected chi connectivity index (χ4v) is 6.73. The van der Waals surface area contributed by atoms with Gasteiger partial charge in [-0.3, -0.25) is 14.2 Å². The van der Waals surface area contributed by atoms with Crippen molar-refractivity contribution in [3.8, 4) is 0 Å². The third-order valence-electron chi connectivity index (χ3n) is 6.22. The normalized spacial score (nSPS) is 15.9. The number of anilines is 1. The highest BCUT2D eigenvalue weighted by Crippen LogP contribution is 2.27. The third-order valence-corrected chi connectivity index (χ3v) is 9.03. The van der Waals surface area contributed by atoms with Crippen LogP contribution in [0.15, 0.2) is 46.1 Å². The van der Waals surface area contributed by atoms with E-state index >= 15 is 0 Å². The number of sulfonamides is 1. The molecule has 0 saturated carbocycles. The Hall–Kier alpha value is -2.49. The van der Waals surface area contributed by atoms with Gasteiger partial charge in [0.15, 0.2) is 0 Å². The molecule has 2 aromatic carbocycles. The quantitative estimate of drug-likeness (QED) is 0.569. The maximum Gasteiger partial charge on any atom is 0.308 e. The average molecular weight is 488 g/mol. The predicted molar refractivity (Wildman–Crippen MR) is 133 cm³/mol. The van der Waals surface area contributed by atoms with E-state index in [0.717, 1.165) is 34.4 Å². The van der Waals surface area contributed by atoms with E-state index in [0.29, 0.717) is 35.8 Å². The molecule has 176 valence electrons. The van der Waals surface area contributed by atoms with Crippen LogP contribution >= 0.6 is 11.3 Å². The Labute approximate surface area is 198 Å². The highest BCUT2D eigenvalue weighted by Gasteiger charge is 2.29. The van der Waals surface area contributed by atoms with Gasteiger partial charge in [-0.05, 0) is 75.4 Å². The number of fused-ring (bicyclic) bond motifs is 1. The first-order valence-electron chi connectivity index (χ1n) is 11.1. The zero-order valence-corrected chi connectivity index (χ0v) is 20.9. The molecule has 7 nitrogen and oxygen atoms in total. The van der Waals surface area contributed by atoms with Crippen molar-refractivity contribution in [2.45, 2.75) is 51.5 Å². The van der Waals surface area contributed by atoms with E-state index in [1.165, 1.54) is 10.4 Å². The van der Waals surface area contributed by atoms with Gasteiger partial charge in [0.05, 0.1) is 15.1 Å². The molecule has 0 spiro atoms. The van der Waals surface area contributed by atoms with Gasteiger partial charge in [0.25, 0.3) is 5.91 Å². The molecule has 0 bridgehead atoms. The first kappa shape index (κ1) is 23.7. The van der Waals surface area contributed by atoms with Gasteiger partial charge in [0.1, 0.15) is 0 Å². The van der Waals surface area contributed by atoms with Gasteiger partial charge in [-0.15, -0.1) is 0 Å². The molecule has 0 aliphatic carbocycles. The number of amides is 1. The van der Waals surface area contributed by atoms with Crippen molar-refractivity contribution in [1.82, 2.24) is 8.87 Å². The molecule has 3 aromatic rings. The van der Waals surface area contributed by atoms with Crippen molar-refractivity contribution in [2.24, 2.45) is 5.92 Å². The SMILES string of the molecule is Cc1ccc(S(=O)(=O)N2CCC(C)CC2)cc1C(=O)Nc1ccc2c(c1)sc(=O)n2C(C)C. The fourth-order valence-electron chi connectivity index (χ4n) is 4.18. The van der Waals surface area contributed by atoms with E-state index < -0.39 is 10.0 Å². The Kier molecular flexibility index (Phi) is 6.48. The Balaban J connectivity index is 1.60. The van der Waals surface area contributed by atoms with Crippen LogP contribution in [-0.4, -0.2) is 36.3 Å². The summed E-state index contributed by atoms with van der Waals surface area (Å²) in [6, 6.07) is 10.1. The minimum absolute atomic E-state index is 0.0377. The molecule has 1 amide bonds. The molecule has 1 aliphatic heterocycles. The van der Waals surface area contributed by atoms with Crippen LogP contribution in [0.3, 0.4) is 0 Å². The molecule has 0 unspecified atom stereocenters. The minimum Gasteiger partial charge on any atom is -0.322 e. The number of nitrogens with zero attached hydrogens (tertiary/aromatic N) is 2. The number of piperidine rings is 1. The predicted octanol–water partition coefficient (Wildman–Crippen LogP) is 4.63. The number of hydrogen-bond acceptors (Lipinski definition) is 5. The molecule has 0 radical (unpaired) electrons. The van der Waals surface area contributed by atoms with Crippen molar-refractivity contribution < 1.29 is 13.2 Å². The Morgan fingerprint density at radius 2 is 1.82 bits per heavy atom. The Morgan fingerprint density at radius 3 is 2.48 bits per heavy atom. The molecule has 1 N–H and O–H groups in total. The van der Waals surface area contributed by atoms with E-state index in [-0.39, 0.29) is 21.7 Å². The van der Waals surface area contributed by atoms with E-state index in [1.54, 1.807) is 35.8 Å². The highest BCUT2D eigenvalue weighted by atomic mass is 32.2. The lowest BCUT2D eigenvalue weighted by Crippen LogP contribution is -2.38. The van der Waals surface area contributed by atoms with Crippen molar-refractivity contribution in [3.63, 3.8) is 0 Å². The van der Waals surface area contributed by atoms with Crippen LogP contribution in [0.1, 0.15) is 55.6 Å². The molecular weight excluding hydrogens is 458 g/mol. The van der Waals surface area contributed by atoms with E-state index in [2.05, 4.69) is 12.2 Å². The lowest BCUT2D eigenvalue weighted by molar-refractivity contribution is 0.102. The molecule has 4 rings (SSSR count). The number of thiazole rings is 1. The van der Waals surface area contributed by atoms with Crippen LogP contribution in [0, 0.1) is 12.8 Å². The number of carbonyl (C=O) groups is 1. The first-order valence-corrected chi connectivity index (χ1v) is 13.4. The summed E-state index contributed by atoms with van der Waals surface area (Å²) in [7, 11) is -3.65. The third kappa shape index (κ3) is 4.62. The van der Waals surface area contributed by atoms with Gasteiger partial charge in [0, 0.05) is 30.4 Å². The summed E-state index contributed by atoms with van der Waals surface area (Å²) >= 11 is 1.14. The summed E-state index contributed by atoms with van der Waals surface area (Å²) in [6.07, 6.45) is 1.68. The van der Waals surface area contributed by atoms with Gasteiger partial charge in [0.2, 0.25) is 10.0 Å². The van der Waals surface area contributed by atoms with Crippen LogP contribution in [0.25, 0.3) is 10.2 Å². The number of hydrogen-bond donors (Lipinski definition) is 1. The van der Waals surface area contributed by atoms with Crippen LogP contribution in [0.2, 0.25) is 0 Å². The molecule has 2 heterocycles. The molecule has 0 atom stereocenters.